The lowest BCUT2D eigenvalue weighted by Gasteiger charge is -2.14. The molecule has 0 aliphatic carbocycles. The summed E-state index contributed by atoms with van der Waals surface area (Å²) in [5.74, 6) is 1.03. The van der Waals surface area contributed by atoms with Gasteiger partial charge in [-0.25, -0.2) is 0 Å². The van der Waals surface area contributed by atoms with E-state index in [0.717, 1.165) is 12.1 Å². The Hall–Kier alpha value is -1.72. The van der Waals surface area contributed by atoms with Crippen LogP contribution in [0, 0.1) is 0 Å². The van der Waals surface area contributed by atoms with Gasteiger partial charge in [-0.3, -0.25) is 4.79 Å². The van der Waals surface area contributed by atoms with Crippen molar-refractivity contribution in [2.45, 2.75) is 26.8 Å². The number of allylic oxidation sites excluding steroid dienone is 1. The Labute approximate surface area is 144 Å². The lowest BCUT2D eigenvalue weighted by Crippen LogP contribution is -2.40. The number of carbonyl (C=O) groups is 1. The van der Waals surface area contributed by atoms with Gasteiger partial charge in [-0.15, -0.1) is 12.4 Å². The van der Waals surface area contributed by atoms with E-state index < -0.39 is 0 Å². The van der Waals surface area contributed by atoms with Crippen LogP contribution in [0.5, 0.6) is 11.5 Å². The summed E-state index contributed by atoms with van der Waals surface area (Å²) in [6, 6.07) is 5.84. The number of rotatable bonds is 9. The molecule has 5 nitrogen and oxygen atoms in total. The summed E-state index contributed by atoms with van der Waals surface area (Å²) in [5.41, 5.74) is 1.02. The second kappa shape index (κ2) is 11.8. The highest BCUT2D eigenvalue weighted by molar-refractivity contribution is 5.85. The summed E-state index contributed by atoms with van der Waals surface area (Å²) < 4.78 is 10.8. The third-order valence-corrected chi connectivity index (χ3v) is 3.06. The Bertz CT molecular complexity index is 507. The van der Waals surface area contributed by atoms with E-state index >= 15 is 0 Å². The molecule has 0 saturated carbocycles. The Morgan fingerprint density at radius 1 is 1.35 bits per heavy atom. The number of benzene rings is 1. The van der Waals surface area contributed by atoms with E-state index in [1.165, 1.54) is 0 Å². The number of nitrogens with one attached hydrogen (secondary N) is 2. The Morgan fingerprint density at radius 2 is 2.09 bits per heavy atom. The first kappa shape index (κ1) is 21.3. The zero-order valence-corrected chi connectivity index (χ0v) is 15.0. The predicted octanol–water partition coefficient (Wildman–Crippen LogP) is 2.64. The van der Waals surface area contributed by atoms with Crippen molar-refractivity contribution in [1.29, 1.82) is 0 Å². The van der Waals surface area contributed by atoms with E-state index in [9.17, 15) is 4.79 Å². The van der Waals surface area contributed by atoms with E-state index in [-0.39, 0.29) is 31.0 Å². The van der Waals surface area contributed by atoms with Gasteiger partial charge in [0, 0.05) is 12.6 Å². The van der Waals surface area contributed by atoms with E-state index in [1.807, 2.05) is 51.1 Å². The standard InChI is InChI=1S/C17H26N2O3.ClH/c1-5-7-14-8-9-15(16(10-14)21-4)22-12-17(20)19-11-13(3)18-6-2;/h5,7-10,13,18H,6,11-12H2,1-4H3,(H,19,20);1H/b7-5+;/t13-;/m1./s1. The molecule has 1 amide bonds. The zero-order valence-electron chi connectivity index (χ0n) is 14.2. The summed E-state index contributed by atoms with van der Waals surface area (Å²) >= 11 is 0. The van der Waals surface area contributed by atoms with Gasteiger partial charge < -0.3 is 20.1 Å². The first-order chi connectivity index (χ1) is 10.6. The van der Waals surface area contributed by atoms with Crippen LogP contribution in [0.1, 0.15) is 26.3 Å². The van der Waals surface area contributed by atoms with Crippen molar-refractivity contribution in [3.63, 3.8) is 0 Å². The maximum Gasteiger partial charge on any atom is 0.257 e. The van der Waals surface area contributed by atoms with Crippen LogP contribution in [0.2, 0.25) is 0 Å². The van der Waals surface area contributed by atoms with Crippen molar-refractivity contribution in [3.8, 4) is 11.5 Å². The average molecular weight is 343 g/mol. The molecule has 130 valence electrons. The number of methoxy groups -OCH3 is 1. The number of ether oxygens (including phenoxy) is 2. The van der Waals surface area contributed by atoms with Crippen LogP contribution in [-0.4, -0.2) is 38.8 Å². The third kappa shape index (κ3) is 7.90. The highest BCUT2D eigenvalue weighted by Crippen LogP contribution is 2.28. The number of likely N-dealkylation sites (N-methyl/N-ethyl adjacent to an activating group) is 1. The normalized spacial score (nSPS) is 11.7. The molecule has 0 radical (unpaired) electrons. The van der Waals surface area contributed by atoms with Crippen molar-refractivity contribution >= 4 is 24.4 Å². The molecule has 0 bridgehead atoms. The zero-order chi connectivity index (χ0) is 16.4. The topological polar surface area (TPSA) is 59.6 Å². The lowest BCUT2D eigenvalue weighted by molar-refractivity contribution is -0.123. The van der Waals surface area contributed by atoms with Crippen LogP contribution in [-0.2, 0) is 4.79 Å². The molecule has 0 fully saturated rings. The maximum absolute atomic E-state index is 11.8. The molecule has 23 heavy (non-hydrogen) atoms. The van der Waals surface area contributed by atoms with Crippen molar-refractivity contribution in [1.82, 2.24) is 10.6 Å². The first-order valence-corrected chi connectivity index (χ1v) is 7.54. The van der Waals surface area contributed by atoms with Gasteiger partial charge in [0.2, 0.25) is 0 Å². The number of carbonyl (C=O) groups excluding carboxylic acids is 1. The molecule has 0 aliphatic heterocycles. The maximum atomic E-state index is 11.8. The summed E-state index contributed by atoms with van der Waals surface area (Å²) in [6.07, 6.45) is 3.93. The summed E-state index contributed by atoms with van der Waals surface area (Å²) in [4.78, 5) is 11.8. The van der Waals surface area contributed by atoms with Crippen molar-refractivity contribution < 1.29 is 14.3 Å². The molecule has 1 atom stereocenters. The van der Waals surface area contributed by atoms with E-state index in [1.54, 1.807) is 7.11 Å². The van der Waals surface area contributed by atoms with Gasteiger partial charge in [0.25, 0.3) is 5.91 Å². The van der Waals surface area contributed by atoms with Gasteiger partial charge in [-0.1, -0.05) is 25.1 Å². The Kier molecular flexibility index (Phi) is 10.9. The second-order valence-electron chi connectivity index (χ2n) is 4.96. The van der Waals surface area contributed by atoms with Gasteiger partial charge in [0.15, 0.2) is 18.1 Å². The van der Waals surface area contributed by atoms with Gasteiger partial charge >= 0.3 is 0 Å². The molecule has 1 aromatic rings. The molecule has 0 saturated heterocycles. The minimum atomic E-state index is -0.149. The highest BCUT2D eigenvalue weighted by Gasteiger charge is 2.09. The fourth-order valence-electron chi connectivity index (χ4n) is 1.98. The molecular weight excluding hydrogens is 316 g/mol. The van der Waals surface area contributed by atoms with Gasteiger partial charge in [0.1, 0.15) is 0 Å². The second-order valence-corrected chi connectivity index (χ2v) is 4.96. The monoisotopic (exact) mass is 342 g/mol. The van der Waals surface area contributed by atoms with Crippen molar-refractivity contribution in [2.24, 2.45) is 0 Å². The smallest absolute Gasteiger partial charge is 0.257 e. The molecule has 0 spiro atoms. The number of hydrogen-bond acceptors (Lipinski definition) is 4. The van der Waals surface area contributed by atoms with Crippen LogP contribution in [0.15, 0.2) is 24.3 Å². The predicted molar refractivity (Wildman–Crippen MR) is 96.6 cm³/mol. The summed E-state index contributed by atoms with van der Waals surface area (Å²) in [5, 5.41) is 6.06. The average Bonchev–Trinajstić information content (AvgIpc) is 2.52. The van der Waals surface area contributed by atoms with E-state index in [2.05, 4.69) is 10.6 Å². The molecule has 1 aromatic carbocycles. The van der Waals surface area contributed by atoms with Crippen LogP contribution >= 0.6 is 12.4 Å². The van der Waals surface area contributed by atoms with Crippen LogP contribution in [0.3, 0.4) is 0 Å². The number of halogens is 1. The fraction of sp³-hybridized carbons (Fsp3) is 0.471. The largest absolute Gasteiger partial charge is 0.493 e. The van der Waals surface area contributed by atoms with E-state index in [4.69, 9.17) is 9.47 Å². The fourth-order valence-corrected chi connectivity index (χ4v) is 1.98. The molecular formula is C17H27ClN2O3. The van der Waals surface area contributed by atoms with Crippen molar-refractivity contribution in [2.75, 3.05) is 26.8 Å². The summed E-state index contributed by atoms with van der Waals surface area (Å²) in [7, 11) is 1.58. The Balaban J connectivity index is 0.00000484. The van der Waals surface area contributed by atoms with Gasteiger partial charge in [-0.05, 0) is 38.1 Å². The number of amides is 1. The van der Waals surface area contributed by atoms with Gasteiger partial charge in [-0.2, -0.15) is 0 Å². The molecule has 0 unspecified atom stereocenters. The minimum Gasteiger partial charge on any atom is -0.493 e. The highest BCUT2D eigenvalue weighted by atomic mass is 35.5. The van der Waals surface area contributed by atoms with Crippen molar-refractivity contribution in [3.05, 3.63) is 29.8 Å². The van der Waals surface area contributed by atoms with Crippen LogP contribution in [0.4, 0.5) is 0 Å². The summed E-state index contributed by atoms with van der Waals surface area (Å²) in [6.45, 7) is 7.43. The Morgan fingerprint density at radius 3 is 2.70 bits per heavy atom. The van der Waals surface area contributed by atoms with Crippen LogP contribution in [0.25, 0.3) is 6.08 Å². The first-order valence-electron chi connectivity index (χ1n) is 7.54. The molecule has 6 heteroatoms. The molecule has 0 aliphatic rings. The number of hydrogen-bond donors (Lipinski definition) is 2. The molecule has 1 rings (SSSR count). The van der Waals surface area contributed by atoms with Crippen LogP contribution < -0.4 is 20.1 Å². The van der Waals surface area contributed by atoms with E-state index in [0.29, 0.717) is 18.0 Å². The molecule has 0 heterocycles. The third-order valence-electron chi connectivity index (χ3n) is 3.06. The quantitative estimate of drug-likeness (QED) is 0.724. The van der Waals surface area contributed by atoms with Gasteiger partial charge in [0.05, 0.1) is 7.11 Å². The minimum absolute atomic E-state index is 0. The SMILES string of the molecule is C/C=C/c1ccc(OCC(=O)NC[C@@H](C)NCC)c(OC)c1.Cl. The lowest BCUT2D eigenvalue weighted by atomic mass is 10.2. The molecule has 2 N–H and O–H groups in total. The molecule has 0 aromatic heterocycles.